The summed E-state index contributed by atoms with van der Waals surface area (Å²) in [5.41, 5.74) is 2.50. The lowest BCUT2D eigenvalue weighted by Crippen LogP contribution is -2.00. The fourth-order valence-corrected chi connectivity index (χ4v) is 2.06. The Morgan fingerprint density at radius 1 is 1.05 bits per heavy atom. The molecular formula is C16H22N2O2. The lowest BCUT2D eigenvalue weighted by molar-refractivity contribution is 0.129. The number of ether oxygens (including phenoxy) is 2. The van der Waals surface area contributed by atoms with Crippen LogP contribution >= 0.6 is 0 Å². The van der Waals surface area contributed by atoms with E-state index in [1.165, 1.54) is 11.3 Å². The number of aromatic nitrogens is 2. The van der Waals surface area contributed by atoms with E-state index < -0.39 is 0 Å². The van der Waals surface area contributed by atoms with Gasteiger partial charge in [0.15, 0.2) is 0 Å². The molecule has 1 aromatic carbocycles. The Morgan fingerprint density at radius 3 is 2.45 bits per heavy atom. The molecule has 0 atom stereocenters. The predicted molar refractivity (Wildman–Crippen MR) is 79.0 cm³/mol. The maximum absolute atomic E-state index is 5.64. The molecule has 1 aromatic heterocycles. The smallest absolute Gasteiger partial charge is 0.118 e. The Kier molecular flexibility index (Phi) is 6.11. The minimum Gasteiger partial charge on any atom is -0.497 e. The van der Waals surface area contributed by atoms with E-state index in [0.29, 0.717) is 0 Å². The molecule has 0 saturated carbocycles. The Labute approximate surface area is 120 Å². The number of aromatic amines is 1. The molecule has 0 fully saturated rings. The fourth-order valence-electron chi connectivity index (χ4n) is 2.06. The Balaban J connectivity index is 1.50. The molecule has 0 aliphatic heterocycles. The molecule has 4 nitrogen and oxygen atoms in total. The number of H-pyrrole nitrogens is 1. The summed E-state index contributed by atoms with van der Waals surface area (Å²) in [5.74, 6) is 0.906. The first-order valence-corrected chi connectivity index (χ1v) is 7.06. The number of nitrogens with zero attached hydrogens (tertiary/aromatic N) is 1. The van der Waals surface area contributed by atoms with Gasteiger partial charge in [0.05, 0.1) is 13.4 Å². The maximum Gasteiger partial charge on any atom is 0.118 e. The van der Waals surface area contributed by atoms with Crippen LogP contribution < -0.4 is 4.74 Å². The number of imidazole rings is 1. The van der Waals surface area contributed by atoms with Crippen LogP contribution in [0.5, 0.6) is 5.75 Å². The Bertz CT molecular complexity index is 466. The standard InChI is InChI=1S/C16H22N2O2/c1-19-16-8-6-14(7-9-16)4-2-10-20-11-3-5-15-12-17-13-18-15/h6-9,12-13H,2-5,10-11H2,1H3,(H,17,18). The van der Waals surface area contributed by atoms with Crippen LogP contribution in [0.3, 0.4) is 0 Å². The van der Waals surface area contributed by atoms with Crippen LogP contribution in [0.15, 0.2) is 36.8 Å². The molecule has 1 N–H and O–H groups in total. The van der Waals surface area contributed by atoms with Crippen molar-refractivity contribution in [2.24, 2.45) is 0 Å². The molecule has 2 rings (SSSR count). The van der Waals surface area contributed by atoms with E-state index >= 15 is 0 Å². The van der Waals surface area contributed by atoms with Crippen LogP contribution in [-0.4, -0.2) is 30.3 Å². The molecule has 20 heavy (non-hydrogen) atoms. The zero-order valence-electron chi connectivity index (χ0n) is 12.0. The van der Waals surface area contributed by atoms with Gasteiger partial charge in [-0.05, 0) is 43.4 Å². The van der Waals surface area contributed by atoms with Gasteiger partial charge in [-0.1, -0.05) is 12.1 Å². The molecule has 0 aliphatic rings. The summed E-state index contributed by atoms with van der Waals surface area (Å²) in [5, 5.41) is 0. The van der Waals surface area contributed by atoms with Gasteiger partial charge in [-0.25, -0.2) is 4.98 Å². The van der Waals surface area contributed by atoms with Crippen LogP contribution in [0.2, 0.25) is 0 Å². The topological polar surface area (TPSA) is 47.1 Å². The van der Waals surface area contributed by atoms with Gasteiger partial charge in [-0.2, -0.15) is 0 Å². The minimum atomic E-state index is 0.807. The summed E-state index contributed by atoms with van der Waals surface area (Å²) >= 11 is 0. The van der Waals surface area contributed by atoms with Crippen LogP contribution in [0.25, 0.3) is 0 Å². The number of benzene rings is 1. The highest BCUT2D eigenvalue weighted by molar-refractivity contribution is 5.27. The molecule has 0 saturated heterocycles. The number of rotatable bonds is 9. The molecule has 2 aromatic rings. The van der Waals surface area contributed by atoms with E-state index in [9.17, 15) is 0 Å². The molecule has 0 bridgehead atoms. The average molecular weight is 274 g/mol. The second-order valence-corrected chi connectivity index (χ2v) is 4.74. The van der Waals surface area contributed by atoms with Crippen molar-refractivity contribution in [1.29, 1.82) is 0 Å². The first-order valence-electron chi connectivity index (χ1n) is 7.06. The van der Waals surface area contributed by atoms with Crippen molar-refractivity contribution in [2.75, 3.05) is 20.3 Å². The van der Waals surface area contributed by atoms with Gasteiger partial charge in [-0.15, -0.1) is 0 Å². The van der Waals surface area contributed by atoms with Crippen molar-refractivity contribution in [3.05, 3.63) is 48.0 Å². The van der Waals surface area contributed by atoms with Crippen LogP contribution in [0.4, 0.5) is 0 Å². The van der Waals surface area contributed by atoms with Crippen molar-refractivity contribution in [2.45, 2.75) is 25.7 Å². The minimum absolute atomic E-state index is 0.807. The monoisotopic (exact) mass is 274 g/mol. The zero-order valence-corrected chi connectivity index (χ0v) is 12.0. The van der Waals surface area contributed by atoms with E-state index in [1.54, 1.807) is 13.4 Å². The molecule has 0 unspecified atom stereocenters. The first kappa shape index (κ1) is 14.6. The summed E-state index contributed by atoms with van der Waals surface area (Å²) in [4.78, 5) is 7.08. The summed E-state index contributed by atoms with van der Waals surface area (Å²) in [6.45, 7) is 1.62. The summed E-state index contributed by atoms with van der Waals surface area (Å²) in [6, 6.07) is 8.22. The molecule has 4 heteroatoms. The predicted octanol–water partition coefficient (Wildman–Crippen LogP) is 3.00. The van der Waals surface area contributed by atoms with E-state index in [1.807, 2.05) is 18.3 Å². The number of hydrogen-bond donors (Lipinski definition) is 1. The number of nitrogens with one attached hydrogen (secondary N) is 1. The van der Waals surface area contributed by atoms with Gasteiger partial charge in [0, 0.05) is 25.1 Å². The second-order valence-electron chi connectivity index (χ2n) is 4.74. The van der Waals surface area contributed by atoms with Gasteiger partial charge in [0.2, 0.25) is 0 Å². The fraction of sp³-hybridized carbons (Fsp3) is 0.438. The van der Waals surface area contributed by atoms with Gasteiger partial charge < -0.3 is 14.5 Å². The third kappa shape index (κ3) is 5.05. The van der Waals surface area contributed by atoms with Crippen molar-refractivity contribution >= 4 is 0 Å². The highest BCUT2D eigenvalue weighted by atomic mass is 16.5. The van der Waals surface area contributed by atoms with E-state index in [4.69, 9.17) is 9.47 Å². The molecule has 0 radical (unpaired) electrons. The van der Waals surface area contributed by atoms with Gasteiger partial charge in [-0.3, -0.25) is 0 Å². The second kappa shape index (κ2) is 8.38. The van der Waals surface area contributed by atoms with E-state index in [-0.39, 0.29) is 0 Å². The van der Waals surface area contributed by atoms with Crippen molar-refractivity contribution in [1.82, 2.24) is 9.97 Å². The van der Waals surface area contributed by atoms with Gasteiger partial charge >= 0.3 is 0 Å². The van der Waals surface area contributed by atoms with Crippen molar-refractivity contribution < 1.29 is 9.47 Å². The molecule has 1 heterocycles. The Morgan fingerprint density at radius 2 is 1.80 bits per heavy atom. The van der Waals surface area contributed by atoms with Crippen LogP contribution in [0, 0.1) is 0 Å². The first-order chi connectivity index (χ1) is 9.88. The largest absolute Gasteiger partial charge is 0.497 e. The molecule has 108 valence electrons. The number of aryl methyl sites for hydroxylation is 2. The highest BCUT2D eigenvalue weighted by Crippen LogP contribution is 2.12. The maximum atomic E-state index is 5.64. The van der Waals surface area contributed by atoms with Gasteiger partial charge in [0.25, 0.3) is 0 Å². The summed E-state index contributed by atoms with van der Waals surface area (Å²) < 4.78 is 10.8. The van der Waals surface area contributed by atoms with E-state index in [2.05, 4.69) is 22.1 Å². The van der Waals surface area contributed by atoms with Crippen LogP contribution in [0.1, 0.15) is 24.1 Å². The summed E-state index contributed by atoms with van der Waals surface area (Å²) in [6.07, 6.45) is 7.71. The highest BCUT2D eigenvalue weighted by Gasteiger charge is 1.97. The molecular weight excluding hydrogens is 252 g/mol. The molecule has 0 spiro atoms. The van der Waals surface area contributed by atoms with Gasteiger partial charge in [0.1, 0.15) is 5.75 Å². The van der Waals surface area contributed by atoms with Crippen molar-refractivity contribution in [3.8, 4) is 5.75 Å². The number of hydrogen-bond acceptors (Lipinski definition) is 3. The quantitative estimate of drug-likeness (QED) is 0.715. The molecule has 0 amide bonds. The van der Waals surface area contributed by atoms with E-state index in [0.717, 1.165) is 44.6 Å². The number of methoxy groups -OCH3 is 1. The SMILES string of the molecule is COc1ccc(CCCOCCCc2cnc[nH]2)cc1. The zero-order chi connectivity index (χ0) is 14.0. The lowest BCUT2D eigenvalue weighted by Gasteiger charge is -2.05. The normalized spacial score (nSPS) is 10.7. The molecule has 0 aliphatic carbocycles. The average Bonchev–Trinajstić information content (AvgIpc) is 3.00. The van der Waals surface area contributed by atoms with Crippen molar-refractivity contribution in [3.63, 3.8) is 0 Å². The summed E-state index contributed by atoms with van der Waals surface area (Å²) in [7, 11) is 1.69. The third-order valence-corrected chi connectivity index (χ3v) is 3.20. The lowest BCUT2D eigenvalue weighted by atomic mass is 10.1. The van der Waals surface area contributed by atoms with Crippen LogP contribution in [-0.2, 0) is 17.6 Å². The Hall–Kier alpha value is -1.81. The third-order valence-electron chi connectivity index (χ3n) is 3.20.